The van der Waals surface area contributed by atoms with E-state index in [4.69, 9.17) is 4.74 Å². The van der Waals surface area contributed by atoms with Crippen LogP contribution in [-0.2, 0) is 4.74 Å². The highest BCUT2D eigenvalue weighted by Crippen LogP contribution is 2.33. The number of nitrogens with one attached hydrogen (secondary N) is 2. The molecule has 0 radical (unpaired) electrons. The van der Waals surface area contributed by atoms with Gasteiger partial charge in [-0.25, -0.2) is 9.97 Å². The molecule has 7 nitrogen and oxygen atoms in total. The number of fused-ring (bicyclic) bond motifs is 1. The number of methoxy groups -OCH3 is 1. The number of rotatable bonds is 9. The Balaban J connectivity index is 2.29. The molecule has 0 fully saturated rings. The van der Waals surface area contributed by atoms with Crippen molar-refractivity contribution in [1.29, 1.82) is 0 Å². The summed E-state index contributed by atoms with van der Waals surface area (Å²) >= 11 is 1.36. The zero-order chi connectivity index (χ0) is 19.3. The Morgan fingerprint density at radius 2 is 2.15 bits per heavy atom. The monoisotopic (exact) mass is 380 g/mol. The number of anilines is 1. The minimum atomic E-state index is -0.360. The van der Waals surface area contributed by atoms with E-state index >= 15 is 0 Å². The number of hydrogen-bond donors (Lipinski definition) is 3. The Bertz CT molecular complexity index is 760. The molecule has 0 spiro atoms. The van der Waals surface area contributed by atoms with E-state index in [9.17, 15) is 9.90 Å². The Labute approximate surface area is 158 Å². The number of ether oxygens (including phenoxy) is 1. The summed E-state index contributed by atoms with van der Waals surface area (Å²) in [5, 5.41) is 16.5. The van der Waals surface area contributed by atoms with Crippen molar-refractivity contribution in [2.45, 2.75) is 40.2 Å². The van der Waals surface area contributed by atoms with Gasteiger partial charge in [0.15, 0.2) is 0 Å². The molecule has 0 saturated carbocycles. The summed E-state index contributed by atoms with van der Waals surface area (Å²) in [5.41, 5.74) is 0.501. The van der Waals surface area contributed by atoms with Crippen molar-refractivity contribution in [3.05, 3.63) is 16.8 Å². The number of aromatic nitrogens is 2. The fraction of sp³-hybridized carbons (Fsp3) is 0.611. The number of aryl methyl sites for hydroxylation is 1. The van der Waals surface area contributed by atoms with Gasteiger partial charge in [0.25, 0.3) is 5.91 Å². The van der Waals surface area contributed by atoms with Gasteiger partial charge in [-0.1, -0.05) is 20.8 Å². The number of nitrogens with zero attached hydrogens (tertiary/aromatic N) is 2. The third kappa shape index (κ3) is 4.69. The third-order valence-electron chi connectivity index (χ3n) is 4.29. The number of thiophene rings is 1. The van der Waals surface area contributed by atoms with Gasteiger partial charge in [0.1, 0.15) is 17.0 Å². The van der Waals surface area contributed by atoms with E-state index in [1.165, 1.54) is 17.7 Å². The number of carbonyl (C=O) groups is 1. The van der Waals surface area contributed by atoms with Gasteiger partial charge < -0.3 is 20.5 Å². The maximum Gasteiger partial charge on any atom is 0.261 e. The first-order chi connectivity index (χ1) is 12.3. The highest BCUT2D eigenvalue weighted by atomic mass is 32.1. The molecule has 2 rings (SSSR count). The molecule has 3 N–H and O–H groups in total. The van der Waals surface area contributed by atoms with E-state index in [0.717, 1.165) is 28.0 Å². The van der Waals surface area contributed by atoms with Crippen molar-refractivity contribution < 1.29 is 14.6 Å². The predicted molar refractivity (Wildman–Crippen MR) is 105 cm³/mol. The number of carbonyl (C=O) groups excluding carboxylic acids is 1. The Kier molecular flexibility index (Phi) is 6.91. The summed E-state index contributed by atoms with van der Waals surface area (Å²) in [4.78, 5) is 22.7. The van der Waals surface area contributed by atoms with Gasteiger partial charge in [-0.15, -0.1) is 11.3 Å². The van der Waals surface area contributed by atoms with Crippen molar-refractivity contribution in [2.24, 2.45) is 5.41 Å². The molecule has 8 heteroatoms. The summed E-state index contributed by atoms with van der Waals surface area (Å²) in [5.74, 6) is 0.573. The van der Waals surface area contributed by atoms with Gasteiger partial charge in [-0.2, -0.15) is 0 Å². The van der Waals surface area contributed by atoms with E-state index in [-0.39, 0.29) is 24.0 Å². The Morgan fingerprint density at radius 1 is 1.42 bits per heavy atom. The smallest absolute Gasteiger partial charge is 0.261 e. The highest BCUT2D eigenvalue weighted by Gasteiger charge is 2.23. The van der Waals surface area contributed by atoms with Crippen LogP contribution in [0.1, 0.15) is 42.4 Å². The van der Waals surface area contributed by atoms with Gasteiger partial charge in [0, 0.05) is 25.7 Å². The third-order valence-corrected chi connectivity index (χ3v) is 5.49. The molecule has 0 saturated heterocycles. The van der Waals surface area contributed by atoms with Crippen LogP contribution in [0.15, 0.2) is 6.33 Å². The van der Waals surface area contributed by atoms with Crippen molar-refractivity contribution in [3.8, 4) is 0 Å². The van der Waals surface area contributed by atoms with Gasteiger partial charge in [0.05, 0.1) is 22.9 Å². The minimum Gasteiger partial charge on any atom is -0.396 e. The molecule has 2 aromatic rings. The maximum atomic E-state index is 12.6. The molecule has 1 atom stereocenters. The molecule has 0 aliphatic heterocycles. The van der Waals surface area contributed by atoms with Crippen LogP contribution in [0.5, 0.6) is 0 Å². The molecule has 0 aliphatic rings. The van der Waals surface area contributed by atoms with Crippen LogP contribution in [0.3, 0.4) is 0 Å². The quantitative estimate of drug-likeness (QED) is 0.619. The normalized spacial score (nSPS) is 13.0. The molecular formula is C18H28N4O3S. The van der Waals surface area contributed by atoms with Gasteiger partial charge in [-0.3, -0.25) is 4.79 Å². The average molecular weight is 381 g/mol. The van der Waals surface area contributed by atoms with Crippen molar-refractivity contribution in [3.63, 3.8) is 0 Å². The first-order valence-corrected chi connectivity index (χ1v) is 9.53. The lowest BCUT2D eigenvalue weighted by molar-refractivity contribution is 0.0914. The lowest BCUT2D eigenvalue weighted by Crippen LogP contribution is -2.35. The summed E-state index contributed by atoms with van der Waals surface area (Å²) in [7, 11) is 1.67. The van der Waals surface area contributed by atoms with E-state index in [2.05, 4.69) is 27.5 Å². The van der Waals surface area contributed by atoms with Crippen LogP contribution in [0.2, 0.25) is 0 Å². The van der Waals surface area contributed by atoms with E-state index in [1.807, 2.05) is 20.8 Å². The summed E-state index contributed by atoms with van der Waals surface area (Å²) in [6.45, 7) is 8.79. The van der Waals surface area contributed by atoms with E-state index < -0.39 is 0 Å². The lowest BCUT2D eigenvalue weighted by Gasteiger charge is -2.21. The average Bonchev–Trinajstić information content (AvgIpc) is 2.97. The molecule has 0 aliphatic carbocycles. The number of amides is 1. The maximum absolute atomic E-state index is 12.6. The minimum absolute atomic E-state index is 0.0100. The van der Waals surface area contributed by atoms with Gasteiger partial charge in [-0.05, 0) is 18.9 Å². The second-order valence-corrected chi connectivity index (χ2v) is 8.17. The zero-order valence-electron chi connectivity index (χ0n) is 16.0. The first kappa shape index (κ1) is 20.5. The molecule has 0 aromatic carbocycles. The van der Waals surface area contributed by atoms with Crippen molar-refractivity contribution in [2.75, 3.05) is 32.2 Å². The molecular weight excluding hydrogens is 352 g/mol. The first-order valence-electron chi connectivity index (χ1n) is 8.71. The topological polar surface area (TPSA) is 96.4 Å². The second-order valence-electron chi connectivity index (χ2n) is 7.17. The molecule has 0 bridgehead atoms. The Hall–Kier alpha value is -1.77. The van der Waals surface area contributed by atoms with Gasteiger partial charge >= 0.3 is 0 Å². The zero-order valence-corrected chi connectivity index (χ0v) is 16.9. The summed E-state index contributed by atoms with van der Waals surface area (Å²) in [6, 6.07) is 0.139. The summed E-state index contributed by atoms with van der Waals surface area (Å²) < 4.78 is 5.24. The standard InChI is InChI=1S/C18H28N4O3S/c1-6-12(7-25-5)22-15-13-11(2)14(26-17(13)21-10-20-15)16(24)19-8-18(3,4)9-23/h10,12,23H,6-9H2,1-5H3,(H,19,24)(H,20,21,22). The van der Waals surface area contributed by atoms with Crippen LogP contribution in [0.25, 0.3) is 10.2 Å². The predicted octanol–water partition coefficient (Wildman–Crippen LogP) is 2.58. The van der Waals surface area contributed by atoms with Crippen LogP contribution in [0.4, 0.5) is 5.82 Å². The van der Waals surface area contributed by atoms with Crippen LogP contribution < -0.4 is 10.6 Å². The van der Waals surface area contributed by atoms with Crippen LogP contribution >= 0.6 is 11.3 Å². The lowest BCUT2D eigenvalue weighted by atomic mass is 9.95. The summed E-state index contributed by atoms with van der Waals surface area (Å²) in [6.07, 6.45) is 2.41. The molecule has 1 unspecified atom stereocenters. The van der Waals surface area contributed by atoms with Crippen molar-refractivity contribution in [1.82, 2.24) is 15.3 Å². The fourth-order valence-electron chi connectivity index (χ4n) is 2.51. The van der Waals surface area contributed by atoms with Crippen LogP contribution in [-0.4, -0.2) is 53.9 Å². The molecule has 2 heterocycles. The van der Waals surface area contributed by atoms with Gasteiger partial charge in [0.2, 0.25) is 0 Å². The molecule has 26 heavy (non-hydrogen) atoms. The van der Waals surface area contributed by atoms with E-state index in [0.29, 0.717) is 18.0 Å². The van der Waals surface area contributed by atoms with Crippen LogP contribution in [0, 0.1) is 12.3 Å². The molecule has 2 aromatic heterocycles. The molecule has 1 amide bonds. The Morgan fingerprint density at radius 3 is 2.77 bits per heavy atom. The fourth-order valence-corrected chi connectivity index (χ4v) is 3.57. The number of hydrogen-bond acceptors (Lipinski definition) is 7. The van der Waals surface area contributed by atoms with Crippen molar-refractivity contribution >= 4 is 33.3 Å². The largest absolute Gasteiger partial charge is 0.396 e. The highest BCUT2D eigenvalue weighted by molar-refractivity contribution is 7.20. The SMILES string of the molecule is CCC(COC)Nc1ncnc2sc(C(=O)NCC(C)(C)CO)c(C)c12. The molecule has 144 valence electrons. The van der Waals surface area contributed by atoms with E-state index in [1.54, 1.807) is 7.11 Å². The number of aliphatic hydroxyl groups excluding tert-OH is 1. The second kappa shape index (κ2) is 8.75. The number of aliphatic hydroxyl groups is 1.